The highest BCUT2D eigenvalue weighted by Crippen LogP contribution is 2.38. The summed E-state index contributed by atoms with van der Waals surface area (Å²) in [5.74, 6) is 0.105. The molecule has 1 fully saturated rings. The van der Waals surface area contributed by atoms with E-state index in [0.717, 1.165) is 46.8 Å². The Bertz CT molecular complexity index is 1430. The van der Waals surface area contributed by atoms with Crippen molar-refractivity contribution in [3.8, 4) is 10.4 Å². The third kappa shape index (κ3) is 5.79. The van der Waals surface area contributed by atoms with Crippen LogP contribution in [-0.2, 0) is 32.6 Å². The normalized spacial score (nSPS) is 15.3. The standard InChI is InChI=1S/C24H24F3NO4S3/c1-34(29,30)20-9-5-8-18(14-20)22-13-12-19(33-22)16-28(15-17-6-4-7-17)35(31,32)23-11-3-2-10-21(23)24(25,26)27/h2-3,5,8-14,17H,4,6-7,15-16H2,1H3. The van der Waals surface area contributed by atoms with E-state index in [4.69, 9.17) is 0 Å². The first-order valence-corrected chi connectivity index (χ1v) is 15.1. The van der Waals surface area contributed by atoms with Crippen molar-refractivity contribution in [2.75, 3.05) is 12.8 Å². The van der Waals surface area contributed by atoms with Crippen LogP contribution in [-0.4, -0.2) is 33.9 Å². The van der Waals surface area contributed by atoms with Crippen molar-refractivity contribution in [1.29, 1.82) is 0 Å². The van der Waals surface area contributed by atoms with E-state index < -0.39 is 36.5 Å². The Morgan fingerprint density at radius 2 is 1.69 bits per heavy atom. The molecule has 0 spiro atoms. The van der Waals surface area contributed by atoms with Crippen LogP contribution in [0.3, 0.4) is 0 Å². The molecule has 188 valence electrons. The van der Waals surface area contributed by atoms with Crippen molar-refractivity contribution in [3.05, 3.63) is 71.1 Å². The molecule has 2 aromatic carbocycles. The van der Waals surface area contributed by atoms with Crippen LogP contribution in [0.15, 0.2) is 70.5 Å². The highest BCUT2D eigenvalue weighted by atomic mass is 32.2. The lowest BCUT2D eigenvalue weighted by molar-refractivity contribution is -0.139. The minimum absolute atomic E-state index is 0.0680. The van der Waals surface area contributed by atoms with Crippen LogP contribution in [0.1, 0.15) is 29.7 Å². The van der Waals surface area contributed by atoms with E-state index in [9.17, 15) is 30.0 Å². The zero-order valence-corrected chi connectivity index (χ0v) is 21.3. The third-order valence-corrected chi connectivity index (χ3v) is 10.1. The molecule has 0 aliphatic heterocycles. The van der Waals surface area contributed by atoms with Crippen LogP contribution in [0.25, 0.3) is 10.4 Å². The second kappa shape index (κ2) is 9.68. The second-order valence-electron chi connectivity index (χ2n) is 8.65. The molecule has 1 saturated carbocycles. The van der Waals surface area contributed by atoms with Crippen LogP contribution in [0.2, 0.25) is 0 Å². The quantitative estimate of drug-likeness (QED) is 0.359. The van der Waals surface area contributed by atoms with E-state index in [2.05, 4.69) is 0 Å². The summed E-state index contributed by atoms with van der Waals surface area (Å²) >= 11 is 1.28. The van der Waals surface area contributed by atoms with Gasteiger partial charge in [-0.2, -0.15) is 17.5 Å². The number of rotatable bonds is 8. The largest absolute Gasteiger partial charge is 0.417 e. The molecule has 0 saturated heterocycles. The van der Waals surface area contributed by atoms with Gasteiger partial charge in [0.2, 0.25) is 10.0 Å². The number of hydrogen-bond donors (Lipinski definition) is 0. The molecule has 1 heterocycles. The van der Waals surface area contributed by atoms with Gasteiger partial charge in [-0.15, -0.1) is 11.3 Å². The lowest BCUT2D eigenvalue weighted by Gasteiger charge is -2.32. The van der Waals surface area contributed by atoms with E-state index in [1.54, 1.807) is 30.3 Å². The lowest BCUT2D eigenvalue weighted by Crippen LogP contribution is -2.37. The molecule has 0 unspecified atom stereocenters. The Balaban J connectivity index is 1.67. The van der Waals surface area contributed by atoms with Gasteiger partial charge in [-0.25, -0.2) is 16.8 Å². The molecule has 0 atom stereocenters. The first-order chi connectivity index (χ1) is 16.4. The Labute approximate surface area is 207 Å². The van der Waals surface area contributed by atoms with Gasteiger partial charge in [-0.05, 0) is 60.7 Å². The number of benzene rings is 2. The van der Waals surface area contributed by atoms with Gasteiger partial charge in [-0.3, -0.25) is 0 Å². The van der Waals surface area contributed by atoms with Crippen LogP contribution in [0, 0.1) is 5.92 Å². The van der Waals surface area contributed by atoms with Gasteiger partial charge in [0.1, 0.15) is 0 Å². The van der Waals surface area contributed by atoms with E-state index in [1.807, 2.05) is 0 Å². The Morgan fingerprint density at radius 3 is 2.31 bits per heavy atom. The van der Waals surface area contributed by atoms with Crippen LogP contribution < -0.4 is 0 Å². The molecule has 4 rings (SSSR count). The van der Waals surface area contributed by atoms with E-state index >= 15 is 0 Å². The van der Waals surface area contributed by atoms with E-state index in [-0.39, 0.29) is 23.9 Å². The zero-order valence-electron chi connectivity index (χ0n) is 18.8. The molecular weight excluding hydrogens is 519 g/mol. The fourth-order valence-corrected chi connectivity index (χ4v) is 7.42. The number of nitrogens with zero attached hydrogens (tertiary/aromatic N) is 1. The van der Waals surface area contributed by atoms with Crippen molar-refractivity contribution in [2.45, 2.75) is 41.8 Å². The fourth-order valence-electron chi connectivity index (χ4n) is 3.95. The molecule has 0 amide bonds. The van der Waals surface area contributed by atoms with Gasteiger partial charge in [0.25, 0.3) is 0 Å². The molecule has 1 aliphatic rings. The topological polar surface area (TPSA) is 71.5 Å². The second-order valence-corrected chi connectivity index (χ2v) is 13.7. The van der Waals surface area contributed by atoms with Crippen LogP contribution in [0.5, 0.6) is 0 Å². The van der Waals surface area contributed by atoms with Crippen molar-refractivity contribution in [2.24, 2.45) is 5.92 Å². The maximum absolute atomic E-state index is 13.6. The minimum atomic E-state index is -4.80. The summed E-state index contributed by atoms with van der Waals surface area (Å²) in [6.07, 6.45) is -1.04. The maximum Gasteiger partial charge on any atom is 0.417 e. The summed E-state index contributed by atoms with van der Waals surface area (Å²) in [5, 5.41) is 0. The van der Waals surface area contributed by atoms with Gasteiger partial charge in [0.05, 0.1) is 15.4 Å². The van der Waals surface area contributed by atoms with Gasteiger partial charge in [0.15, 0.2) is 9.84 Å². The molecule has 3 aromatic rings. The van der Waals surface area contributed by atoms with Crippen LogP contribution >= 0.6 is 11.3 Å². The number of thiophene rings is 1. The predicted octanol–water partition coefficient (Wildman–Crippen LogP) is 5.83. The first-order valence-electron chi connectivity index (χ1n) is 10.9. The Morgan fingerprint density at radius 1 is 0.971 bits per heavy atom. The highest BCUT2D eigenvalue weighted by Gasteiger charge is 2.39. The molecule has 5 nitrogen and oxygen atoms in total. The van der Waals surface area contributed by atoms with Crippen molar-refractivity contribution in [1.82, 2.24) is 4.31 Å². The number of hydrogen-bond acceptors (Lipinski definition) is 5. The molecule has 1 aromatic heterocycles. The van der Waals surface area contributed by atoms with Gasteiger partial charge in [-0.1, -0.05) is 30.7 Å². The molecule has 11 heteroatoms. The highest BCUT2D eigenvalue weighted by molar-refractivity contribution is 7.90. The fraction of sp³-hybridized carbons (Fsp3) is 0.333. The average Bonchev–Trinajstić information content (AvgIpc) is 3.23. The molecule has 35 heavy (non-hydrogen) atoms. The molecule has 1 aliphatic carbocycles. The zero-order chi connectivity index (χ0) is 25.4. The van der Waals surface area contributed by atoms with E-state index in [1.165, 1.54) is 29.5 Å². The smallest absolute Gasteiger partial charge is 0.224 e. The number of halogens is 3. The third-order valence-electron chi connectivity index (χ3n) is 6.04. The molecule has 0 bridgehead atoms. The van der Waals surface area contributed by atoms with Crippen LogP contribution in [0.4, 0.5) is 13.2 Å². The molecular formula is C24H24F3NO4S3. The Kier molecular flexibility index (Phi) is 7.16. The summed E-state index contributed by atoms with van der Waals surface area (Å²) < 4.78 is 92.7. The van der Waals surface area contributed by atoms with Crippen molar-refractivity contribution in [3.63, 3.8) is 0 Å². The van der Waals surface area contributed by atoms with E-state index in [0.29, 0.717) is 10.4 Å². The molecule has 0 N–H and O–H groups in total. The summed E-state index contributed by atoms with van der Waals surface area (Å²) in [6, 6.07) is 14.2. The monoisotopic (exact) mass is 543 g/mol. The van der Waals surface area contributed by atoms with Gasteiger partial charge >= 0.3 is 6.18 Å². The number of alkyl halides is 3. The minimum Gasteiger partial charge on any atom is -0.224 e. The van der Waals surface area contributed by atoms with Crippen molar-refractivity contribution >= 4 is 31.2 Å². The van der Waals surface area contributed by atoms with Crippen molar-refractivity contribution < 1.29 is 30.0 Å². The SMILES string of the molecule is CS(=O)(=O)c1cccc(-c2ccc(CN(CC3CCC3)S(=O)(=O)c3ccccc3C(F)(F)F)s2)c1. The molecule has 0 radical (unpaired) electrons. The van der Waals surface area contributed by atoms with Gasteiger partial charge < -0.3 is 0 Å². The number of sulfone groups is 1. The lowest BCUT2D eigenvalue weighted by atomic mass is 9.85. The summed E-state index contributed by atoms with van der Waals surface area (Å²) in [4.78, 5) is 0.812. The maximum atomic E-state index is 13.6. The van der Waals surface area contributed by atoms with Gasteiger partial charge in [0, 0.05) is 29.1 Å². The summed E-state index contributed by atoms with van der Waals surface area (Å²) in [7, 11) is -7.82. The Hall–Kier alpha value is -2.21. The summed E-state index contributed by atoms with van der Waals surface area (Å²) in [6.45, 7) is 0.0762. The first kappa shape index (κ1) is 25.9. The number of sulfonamides is 1. The average molecular weight is 544 g/mol. The summed E-state index contributed by atoms with van der Waals surface area (Å²) in [5.41, 5.74) is -0.511. The predicted molar refractivity (Wildman–Crippen MR) is 129 cm³/mol.